The third-order valence-electron chi connectivity index (χ3n) is 4.73. The molecular weight excluding hydrogens is 411 g/mol. The van der Waals surface area contributed by atoms with Gasteiger partial charge >= 0.3 is 0 Å². The second kappa shape index (κ2) is 9.07. The number of benzene rings is 1. The molecule has 0 amide bonds. The van der Waals surface area contributed by atoms with Crippen molar-refractivity contribution in [1.29, 1.82) is 10.7 Å². The van der Waals surface area contributed by atoms with Gasteiger partial charge in [-0.2, -0.15) is 25.5 Å². The van der Waals surface area contributed by atoms with Crippen LogP contribution in [-0.2, 0) is 0 Å². The van der Waals surface area contributed by atoms with Crippen LogP contribution in [0.25, 0.3) is 0 Å². The van der Waals surface area contributed by atoms with Gasteiger partial charge in [0.2, 0.25) is 5.95 Å². The Morgan fingerprint density at radius 3 is 2.34 bits per heavy atom. The third-order valence-corrected chi connectivity index (χ3v) is 5.28. The minimum atomic E-state index is 0.0115. The number of halogens is 2. The van der Waals surface area contributed by atoms with Crippen LogP contribution >= 0.6 is 23.2 Å². The summed E-state index contributed by atoms with van der Waals surface area (Å²) in [6.07, 6.45) is 3.32. The second-order valence-corrected chi connectivity index (χ2v) is 7.35. The average molecular weight is 430 g/mol. The van der Waals surface area contributed by atoms with Crippen molar-refractivity contribution in [2.24, 2.45) is 16.0 Å². The summed E-state index contributed by atoms with van der Waals surface area (Å²) in [5.41, 5.74) is 7.13. The summed E-state index contributed by atoms with van der Waals surface area (Å²) in [6.45, 7) is 0. The average Bonchev–Trinajstić information content (AvgIpc) is 2.72. The highest BCUT2D eigenvalue weighted by Crippen LogP contribution is 2.30. The first-order valence-electron chi connectivity index (χ1n) is 8.96. The lowest BCUT2D eigenvalue weighted by Gasteiger charge is -2.18. The molecule has 2 aromatic rings. The van der Waals surface area contributed by atoms with Gasteiger partial charge in [-0.3, -0.25) is 0 Å². The van der Waals surface area contributed by atoms with Gasteiger partial charge in [-0.15, -0.1) is 0 Å². The van der Waals surface area contributed by atoms with Crippen molar-refractivity contribution in [1.82, 2.24) is 9.97 Å². The molecule has 1 aromatic carbocycles. The molecule has 1 aliphatic rings. The number of hydrogen-bond acceptors (Lipinski definition) is 7. The molecular formula is C19H19Cl2N8+. The molecule has 8 nitrogen and oxygen atoms in total. The first-order chi connectivity index (χ1) is 13.9. The molecule has 3 N–H and O–H groups in total. The zero-order valence-corrected chi connectivity index (χ0v) is 17.2. The summed E-state index contributed by atoms with van der Waals surface area (Å²) >= 11 is 12.0. The Morgan fingerprint density at radius 1 is 1.24 bits per heavy atom. The van der Waals surface area contributed by atoms with Gasteiger partial charge in [0.25, 0.3) is 5.84 Å². The zero-order chi connectivity index (χ0) is 21.0. The number of nitrogens with zero attached hydrogens (tertiary/aromatic N) is 6. The van der Waals surface area contributed by atoms with E-state index in [0.717, 1.165) is 43.0 Å². The number of hydrogen-bond donors (Lipinski definition) is 2. The van der Waals surface area contributed by atoms with E-state index in [2.05, 4.69) is 20.2 Å². The molecule has 1 aromatic heterocycles. The summed E-state index contributed by atoms with van der Waals surface area (Å²) < 4.78 is 0. The Hall–Kier alpha value is -2.89. The number of amidine groups is 1. The number of rotatable bonds is 5. The molecule has 1 heterocycles. The van der Waals surface area contributed by atoms with Gasteiger partial charge in [0.05, 0.1) is 11.7 Å². The normalized spacial score (nSPS) is 14.8. The predicted molar refractivity (Wildman–Crippen MR) is 113 cm³/mol. The van der Waals surface area contributed by atoms with E-state index in [9.17, 15) is 0 Å². The molecule has 29 heavy (non-hydrogen) atoms. The van der Waals surface area contributed by atoms with Crippen molar-refractivity contribution in [2.75, 3.05) is 11.9 Å². The molecule has 0 atom stereocenters. The van der Waals surface area contributed by atoms with Gasteiger partial charge in [0.1, 0.15) is 24.5 Å². The molecule has 0 unspecified atom stereocenters. The molecule has 1 aliphatic carbocycles. The maximum atomic E-state index is 9.01. The topological polar surface area (TPSA) is 127 Å². The van der Waals surface area contributed by atoms with Crippen LogP contribution in [0.5, 0.6) is 0 Å². The minimum absolute atomic E-state index is 0.0115. The van der Waals surface area contributed by atoms with Gasteiger partial charge in [-0.05, 0) is 24.3 Å². The van der Waals surface area contributed by atoms with E-state index in [-0.39, 0.29) is 33.7 Å². The highest BCUT2D eigenvalue weighted by atomic mass is 35.5. The maximum Gasteiger partial charge on any atom is 0.284 e. The van der Waals surface area contributed by atoms with Crippen LogP contribution < -0.4 is 10.6 Å². The van der Waals surface area contributed by atoms with E-state index in [1.165, 1.54) is 0 Å². The lowest BCUT2D eigenvalue weighted by molar-refractivity contribution is 0.476. The predicted octanol–water partition coefficient (Wildman–Crippen LogP) is 4.96. The van der Waals surface area contributed by atoms with E-state index in [0.29, 0.717) is 0 Å². The summed E-state index contributed by atoms with van der Waals surface area (Å²) in [4.78, 5) is 9.96. The van der Waals surface area contributed by atoms with E-state index in [1.807, 2.05) is 30.3 Å². The lowest BCUT2D eigenvalue weighted by Crippen LogP contribution is -2.26. The largest absolute Gasteiger partial charge is 0.348 e. The summed E-state index contributed by atoms with van der Waals surface area (Å²) in [5.74, 6) is 1.48. The van der Waals surface area contributed by atoms with Gasteiger partial charge in [0, 0.05) is 25.6 Å². The monoisotopic (exact) mass is 429 g/mol. The second-order valence-electron chi connectivity index (χ2n) is 6.63. The molecule has 3 rings (SSSR count). The van der Waals surface area contributed by atoms with Crippen molar-refractivity contribution in [3.8, 4) is 6.07 Å². The van der Waals surface area contributed by atoms with Crippen molar-refractivity contribution < 1.29 is 0 Å². The highest BCUT2D eigenvalue weighted by molar-refractivity contribution is 6.35. The third kappa shape index (κ3) is 4.94. The summed E-state index contributed by atoms with van der Waals surface area (Å²) in [7, 11) is 1.77. The molecule has 0 spiro atoms. The van der Waals surface area contributed by atoms with Gasteiger partial charge < -0.3 is 10.6 Å². The highest BCUT2D eigenvalue weighted by Gasteiger charge is 2.32. The number of nitrogens with one attached hydrogen (secondary N) is 1. The van der Waals surface area contributed by atoms with Crippen LogP contribution in [0.15, 0.2) is 34.5 Å². The molecule has 10 heteroatoms. The Bertz CT molecular complexity index is 936. The van der Waals surface area contributed by atoms with Gasteiger partial charge in [-0.1, -0.05) is 23.2 Å². The number of nitrogens with two attached hydrogens (primary N) is 1. The first kappa shape index (κ1) is 20.8. The van der Waals surface area contributed by atoms with E-state index >= 15 is 0 Å². The number of aromatic nitrogens is 2. The molecule has 0 radical (unpaired) electrons. The summed E-state index contributed by atoms with van der Waals surface area (Å²) in [6, 6.07) is 9.44. The Kier molecular flexibility index (Phi) is 6.52. The van der Waals surface area contributed by atoms with Crippen molar-refractivity contribution >= 4 is 46.4 Å². The van der Waals surface area contributed by atoms with Crippen LogP contribution in [0.4, 0.5) is 17.3 Å². The lowest BCUT2D eigenvalue weighted by atomic mass is 9.86. The van der Waals surface area contributed by atoms with Gasteiger partial charge in [-0.25, -0.2) is 5.41 Å². The van der Waals surface area contributed by atoms with Gasteiger partial charge in [0.15, 0.2) is 16.2 Å². The molecule has 0 aliphatic heterocycles. The quantitative estimate of drug-likeness (QED) is 0.228. The Labute approximate surface area is 178 Å². The standard InChI is InChI=1S/C19H19Cl2N8/c1-29(19-25-16(20)15(10-22)17(21)26-19)14-8-6-13(7-9-14)28-27-12-4-2-11(3-5-12)18(23)24/h6-9,12H,2-5H2,1H3,(H3,23,24)/q+1. The Balaban J connectivity index is 1.66. The van der Waals surface area contributed by atoms with Crippen LogP contribution in [0.2, 0.25) is 10.3 Å². The van der Waals surface area contributed by atoms with Crippen molar-refractivity contribution in [3.63, 3.8) is 0 Å². The minimum Gasteiger partial charge on any atom is -0.348 e. The van der Waals surface area contributed by atoms with E-state index in [4.69, 9.17) is 39.6 Å². The van der Waals surface area contributed by atoms with Crippen molar-refractivity contribution in [3.05, 3.63) is 46.1 Å². The molecule has 1 fully saturated rings. The smallest absolute Gasteiger partial charge is 0.284 e. The number of anilines is 2. The fourth-order valence-corrected chi connectivity index (χ4v) is 3.45. The summed E-state index contributed by atoms with van der Waals surface area (Å²) in [5, 5.41) is 25.3. The van der Waals surface area contributed by atoms with Crippen LogP contribution in [0.3, 0.4) is 0 Å². The van der Waals surface area contributed by atoms with Crippen LogP contribution in [0.1, 0.15) is 31.2 Å². The van der Waals surface area contributed by atoms with E-state index in [1.54, 1.807) is 11.9 Å². The number of azo groups is 1. The first-order valence-corrected chi connectivity index (χ1v) is 9.71. The fourth-order valence-electron chi connectivity index (χ4n) is 2.98. The zero-order valence-electron chi connectivity index (χ0n) is 15.7. The molecule has 0 bridgehead atoms. The molecule has 148 valence electrons. The molecule has 0 saturated heterocycles. The van der Waals surface area contributed by atoms with Crippen LogP contribution in [-0.4, -0.2) is 28.9 Å². The van der Waals surface area contributed by atoms with Crippen molar-refractivity contribution in [2.45, 2.75) is 31.7 Å². The number of nitriles is 1. The SMILES string of the molecule is CN(c1ccc(N=NC2CC[C+](C(=N)N)CC2)cc1)c1nc(Cl)c(C#N)c(Cl)n1. The molecule has 1 saturated carbocycles. The Morgan fingerprint density at radius 2 is 1.83 bits per heavy atom. The van der Waals surface area contributed by atoms with Crippen LogP contribution in [0, 0.1) is 22.7 Å². The van der Waals surface area contributed by atoms with E-state index < -0.39 is 0 Å². The maximum absolute atomic E-state index is 9.01. The fraction of sp³-hybridized carbons (Fsp3) is 0.316.